The molecule has 294 valence electrons. The van der Waals surface area contributed by atoms with Gasteiger partial charge in [0.2, 0.25) is 21.4 Å². The summed E-state index contributed by atoms with van der Waals surface area (Å²) >= 11 is 0. The normalized spacial score (nSPS) is 19.7. The second kappa shape index (κ2) is 14.7. The molecule has 7 rings (SSSR count). The van der Waals surface area contributed by atoms with E-state index < -0.39 is 57.5 Å². The second-order valence-corrected chi connectivity index (χ2v) is 17.1. The molecule has 3 aliphatic rings. The Labute approximate surface area is 324 Å². The van der Waals surface area contributed by atoms with Crippen LogP contribution in [0.4, 0.5) is 0 Å². The van der Waals surface area contributed by atoms with E-state index in [-0.39, 0.29) is 59.5 Å². The number of aliphatic carboxylic acids is 1. The van der Waals surface area contributed by atoms with Gasteiger partial charge in [0.25, 0.3) is 5.56 Å². The van der Waals surface area contributed by atoms with Crippen molar-refractivity contribution in [1.29, 1.82) is 0 Å². The van der Waals surface area contributed by atoms with E-state index in [9.17, 15) is 32.7 Å². The van der Waals surface area contributed by atoms with Gasteiger partial charge in [-0.1, -0.05) is 87.5 Å². The van der Waals surface area contributed by atoms with Crippen molar-refractivity contribution < 1.29 is 46.9 Å². The van der Waals surface area contributed by atoms with Crippen molar-refractivity contribution in [2.24, 2.45) is 5.41 Å². The van der Waals surface area contributed by atoms with Crippen LogP contribution < -0.4 is 5.56 Å². The molecule has 4 aromatic rings. The molecule has 0 unspecified atom stereocenters. The standard InChI is InChI=1S/C42H44N2O11S/c1-5-41(39(48)49,34-22-36-42(53-25-40(3,4)26-54-42)19-20-43(36)37(46)33(34)24-52-27(2)45)55-38(47)35-21-30-13-9-10-14-31(30)23-44(35)56(50,51)32-17-15-29(16-18-32)28-11-7-6-8-12-28/h6-18,22,35H,5,19-21,23-26H2,1-4H3,(H,48,49)/t35-,41+/m1/s1. The summed E-state index contributed by atoms with van der Waals surface area (Å²) in [6.45, 7) is 6.54. The number of aromatic nitrogens is 1. The predicted octanol–water partition coefficient (Wildman–Crippen LogP) is 5.26. The number of hydrogen-bond acceptors (Lipinski definition) is 10. The number of nitrogens with zero attached hydrogens (tertiary/aromatic N) is 2. The van der Waals surface area contributed by atoms with Crippen LogP contribution in [0, 0.1) is 5.41 Å². The SMILES string of the molecule is CC[C@@](OC(=O)[C@H]1Cc2ccccc2CN1S(=O)(=O)c1ccc(-c2ccccc2)cc1)(C(=O)O)c1cc2n(c(=O)c1COC(C)=O)CCC21OCC(C)(C)CO1. The van der Waals surface area contributed by atoms with Crippen molar-refractivity contribution in [2.75, 3.05) is 13.2 Å². The first-order valence-electron chi connectivity index (χ1n) is 18.5. The fourth-order valence-electron chi connectivity index (χ4n) is 7.69. The van der Waals surface area contributed by atoms with Gasteiger partial charge in [-0.25, -0.2) is 13.2 Å². The lowest BCUT2D eigenvalue weighted by Gasteiger charge is -2.42. The smallest absolute Gasteiger partial charge is 0.352 e. The van der Waals surface area contributed by atoms with Gasteiger partial charge in [-0.15, -0.1) is 0 Å². The maximum Gasteiger partial charge on any atom is 0.352 e. The van der Waals surface area contributed by atoms with Crippen LogP contribution in [0.5, 0.6) is 0 Å². The van der Waals surface area contributed by atoms with Crippen LogP contribution in [0.15, 0.2) is 94.6 Å². The van der Waals surface area contributed by atoms with Crippen molar-refractivity contribution in [3.05, 3.63) is 123 Å². The zero-order chi connectivity index (χ0) is 40.0. The summed E-state index contributed by atoms with van der Waals surface area (Å²) < 4.78 is 55.3. The first-order valence-corrected chi connectivity index (χ1v) is 19.9. The van der Waals surface area contributed by atoms with Gasteiger partial charge in [-0.3, -0.25) is 14.4 Å². The Bertz CT molecular complexity index is 2350. The number of fused-ring (bicyclic) bond motifs is 3. The third-order valence-electron chi connectivity index (χ3n) is 10.9. The maximum absolute atomic E-state index is 14.6. The Hall–Kier alpha value is -5.15. The molecule has 14 heteroatoms. The van der Waals surface area contributed by atoms with Gasteiger partial charge < -0.3 is 28.6 Å². The first kappa shape index (κ1) is 39.1. The average Bonchev–Trinajstić information content (AvgIpc) is 3.55. The van der Waals surface area contributed by atoms with E-state index >= 15 is 0 Å². The van der Waals surface area contributed by atoms with Crippen LogP contribution in [-0.4, -0.2) is 59.6 Å². The lowest BCUT2D eigenvalue weighted by molar-refractivity contribution is -0.306. The molecule has 0 aliphatic carbocycles. The maximum atomic E-state index is 14.6. The van der Waals surface area contributed by atoms with Crippen LogP contribution in [0.1, 0.15) is 68.5 Å². The summed E-state index contributed by atoms with van der Waals surface area (Å²) in [5, 5.41) is 11.0. The molecule has 1 saturated heterocycles. The van der Waals surface area contributed by atoms with Crippen LogP contribution in [0.2, 0.25) is 0 Å². The van der Waals surface area contributed by atoms with Gasteiger partial charge >= 0.3 is 17.9 Å². The molecule has 0 radical (unpaired) electrons. The van der Waals surface area contributed by atoms with Crippen molar-refractivity contribution in [2.45, 2.75) is 89.0 Å². The van der Waals surface area contributed by atoms with E-state index in [1.807, 2.05) is 44.2 Å². The lowest BCUT2D eigenvalue weighted by atomic mass is 9.86. The minimum atomic E-state index is -4.37. The fraction of sp³-hybridized carbons (Fsp3) is 0.381. The Kier molecular flexibility index (Phi) is 10.3. The van der Waals surface area contributed by atoms with Crippen molar-refractivity contribution >= 4 is 27.9 Å². The zero-order valence-corrected chi connectivity index (χ0v) is 32.5. The highest BCUT2D eigenvalue weighted by atomic mass is 32.2. The van der Waals surface area contributed by atoms with E-state index in [2.05, 4.69) is 0 Å². The third kappa shape index (κ3) is 6.95. The number of rotatable bonds is 10. The summed E-state index contributed by atoms with van der Waals surface area (Å²) in [4.78, 5) is 54.4. The monoisotopic (exact) mass is 784 g/mol. The lowest BCUT2D eigenvalue weighted by Crippen LogP contribution is -2.53. The molecule has 1 fully saturated rings. The first-order chi connectivity index (χ1) is 26.6. The van der Waals surface area contributed by atoms with E-state index in [4.69, 9.17) is 18.9 Å². The summed E-state index contributed by atoms with van der Waals surface area (Å²) in [7, 11) is -4.37. The highest BCUT2D eigenvalue weighted by Gasteiger charge is 2.53. The van der Waals surface area contributed by atoms with Crippen LogP contribution in [0.25, 0.3) is 11.1 Å². The summed E-state index contributed by atoms with van der Waals surface area (Å²) in [6.07, 6.45) is -0.229. The van der Waals surface area contributed by atoms with E-state index in [0.29, 0.717) is 24.3 Å². The largest absolute Gasteiger partial charge is 0.478 e. The van der Waals surface area contributed by atoms with Gasteiger partial charge in [0, 0.05) is 43.8 Å². The average molecular weight is 785 g/mol. The molecule has 3 aliphatic heterocycles. The number of sulfonamides is 1. The predicted molar refractivity (Wildman–Crippen MR) is 202 cm³/mol. The quantitative estimate of drug-likeness (QED) is 0.209. The molecule has 56 heavy (non-hydrogen) atoms. The second-order valence-electron chi connectivity index (χ2n) is 15.2. The van der Waals surface area contributed by atoms with Crippen LogP contribution in [-0.2, 0) is 80.9 Å². The van der Waals surface area contributed by atoms with Gasteiger partial charge in [0.1, 0.15) is 12.6 Å². The fourth-order valence-corrected chi connectivity index (χ4v) is 9.25. The number of ether oxygens (including phenoxy) is 4. The van der Waals surface area contributed by atoms with Gasteiger partial charge in [0.15, 0.2) is 0 Å². The highest BCUT2D eigenvalue weighted by Crippen LogP contribution is 2.45. The topological polar surface area (TPSA) is 168 Å². The van der Waals surface area contributed by atoms with E-state index in [0.717, 1.165) is 22.4 Å². The molecule has 1 spiro atoms. The summed E-state index contributed by atoms with van der Waals surface area (Å²) in [5.41, 5.74) is -0.629. The van der Waals surface area contributed by atoms with Gasteiger partial charge in [-0.2, -0.15) is 4.31 Å². The number of carboxylic acid groups (broad SMARTS) is 1. The summed E-state index contributed by atoms with van der Waals surface area (Å²) in [6, 6.07) is 22.8. The molecule has 0 amide bonds. The molecular weight excluding hydrogens is 741 g/mol. The van der Waals surface area contributed by atoms with Gasteiger partial charge in [0.05, 0.1) is 29.4 Å². The van der Waals surface area contributed by atoms with Gasteiger partial charge in [-0.05, 0) is 46.9 Å². The molecular formula is C42H44N2O11S. The number of hydrogen-bond donors (Lipinski definition) is 1. The molecule has 1 N–H and O–H groups in total. The third-order valence-corrected chi connectivity index (χ3v) is 12.7. The van der Waals surface area contributed by atoms with E-state index in [1.54, 1.807) is 36.4 Å². The van der Waals surface area contributed by atoms with Crippen LogP contribution >= 0.6 is 0 Å². The number of esters is 2. The molecule has 4 heterocycles. The van der Waals surface area contributed by atoms with Crippen LogP contribution in [0.3, 0.4) is 0 Å². The van der Waals surface area contributed by atoms with E-state index in [1.165, 1.54) is 29.7 Å². The van der Waals surface area contributed by atoms with Crippen molar-refractivity contribution in [1.82, 2.24) is 8.87 Å². The number of carbonyl (C=O) groups excluding carboxylic acids is 2. The molecule has 13 nitrogen and oxygen atoms in total. The Morgan fingerprint density at radius 2 is 1.55 bits per heavy atom. The van der Waals surface area contributed by atoms with Crippen molar-refractivity contribution in [3.63, 3.8) is 0 Å². The molecule has 1 aromatic heterocycles. The molecule has 0 saturated carbocycles. The minimum Gasteiger partial charge on any atom is -0.478 e. The zero-order valence-electron chi connectivity index (χ0n) is 31.6. The summed E-state index contributed by atoms with van der Waals surface area (Å²) in [5.74, 6) is -4.83. The number of benzene rings is 3. The molecule has 3 aromatic carbocycles. The number of carbonyl (C=O) groups is 3. The molecule has 0 bridgehead atoms. The Morgan fingerprint density at radius 1 is 0.929 bits per heavy atom. The Balaban J connectivity index is 1.31. The van der Waals surface area contributed by atoms with Crippen molar-refractivity contribution in [3.8, 4) is 11.1 Å². The Morgan fingerprint density at radius 3 is 2.18 bits per heavy atom. The molecule has 2 atom stereocenters. The number of pyridine rings is 1. The minimum absolute atomic E-state index is 0.0642. The number of carboxylic acids is 1. The highest BCUT2D eigenvalue weighted by molar-refractivity contribution is 7.89.